The minimum atomic E-state index is -0.617. The van der Waals surface area contributed by atoms with Crippen molar-refractivity contribution in [3.05, 3.63) is 65.1 Å². The molecule has 3 aromatic rings. The predicted octanol–water partition coefficient (Wildman–Crippen LogP) is 3.72. The van der Waals surface area contributed by atoms with E-state index < -0.39 is 11.9 Å². The standard InChI is InChI=1S/C33H37N5O5/c1-33(2)15-21(10-12-42-33)30-34-16-22-13-20(3-6-27(22)35-30)17-37-11-9-25(19-37)43-24-4-5-26-23(14-24)18-38(32(26)41)28-7-8-29(39)36-31(28)40/h3-6,13-14,16,21,25,28H,7-12,15,17-19H2,1-2H3,(H,36,39,40)/t21-,25-,28-/m0/s1. The number of imide groups is 1. The first kappa shape index (κ1) is 27.9. The summed E-state index contributed by atoms with van der Waals surface area (Å²) in [6.45, 7) is 7.92. The molecule has 0 unspecified atom stereocenters. The molecule has 1 N–H and O–H groups in total. The highest BCUT2D eigenvalue weighted by atomic mass is 16.5. The molecule has 10 nitrogen and oxygen atoms in total. The van der Waals surface area contributed by atoms with Crippen LogP contribution < -0.4 is 10.1 Å². The molecule has 5 heterocycles. The number of benzene rings is 2. The Balaban J connectivity index is 0.957. The number of hydrogen-bond acceptors (Lipinski definition) is 8. The predicted molar refractivity (Wildman–Crippen MR) is 158 cm³/mol. The van der Waals surface area contributed by atoms with Crippen LogP contribution in [-0.2, 0) is 27.4 Å². The topological polar surface area (TPSA) is 114 Å². The van der Waals surface area contributed by atoms with Crippen LogP contribution in [0.4, 0.5) is 0 Å². The monoisotopic (exact) mass is 583 g/mol. The van der Waals surface area contributed by atoms with Gasteiger partial charge in [0, 0.05) is 62.3 Å². The summed E-state index contributed by atoms with van der Waals surface area (Å²) in [5.74, 6) is 1.11. The van der Waals surface area contributed by atoms with Gasteiger partial charge in [-0.2, -0.15) is 0 Å². The van der Waals surface area contributed by atoms with Crippen molar-refractivity contribution in [1.82, 2.24) is 25.1 Å². The lowest BCUT2D eigenvalue weighted by molar-refractivity contribution is -0.136. The number of carbonyl (C=O) groups excluding carboxylic acids is 3. The Kier molecular flexibility index (Phi) is 7.13. The summed E-state index contributed by atoms with van der Waals surface area (Å²) in [6.07, 6.45) is 5.41. The molecule has 7 rings (SSSR count). The van der Waals surface area contributed by atoms with E-state index >= 15 is 0 Å². The van der Waals surface area contributed by atoms with E-state index in [0.29, 0.717) is 24.4 Å². The molecule has 0 radical (unpaired) electrons. The van der Waals surface area contributed by atoms with Crippen molar-refractivity contribution < 1.29 is 23.9 Å². The number of likely N-dealkylation sites (tertiary alicyclic amines) is 1. The van der Waals surface area contributed by atoms with E-state index in [1.54, 1.807) is 11.0 Å². The van der Waals surface area contributed by atoms with Crippen molar-refractivity contribution in [3.63, 3.8) is 0 Å². The number of aromatic nitrogens is 2. The second-order valence-corrected chi connectivity index (χ2v) is 12.9. The van der Waals surface area contributed by atoms with Gasteiger partial charge in [-0.1, -0.05) is 6.07 Å². The maximum absolute atomic E-state index is 13.0. The second-order valence-electron chi connectivity index (χ2n) is 12.9. The molecule has 224 valence electrons. The van der Waals surface area contributed by atoms with Crippen LogP contribution in [0.1, 0.15) is 79.2 Å². The summed E-state index contributed by atoms with van der Waals surface area (Å²) in [5.41, 5.74) is 3.51. The number of hydrogen-bond donors (Lipinski definition) is 1. The first-order valence-electron chi connectivity index (χ1n) is 15.3. The molecule has 43 heavy (non-hydrogen) atoms. The van der Waals surface area contributed by atoms with Crippen molar-refractivity contribution in [2.75, 3.05) is 19.7 Å². The lowest BCUT2D eigenvalue weighted by Crippen LogP contribution is -2.52. The lowest BCUT2D eigenvalue weighted by Gasteiger charge is -2.34. The molecule has 10 heteroatoms. The number of nitrogens with one attached hydrogen (secondary N) is 1. The minimum Gasteiger partial charge on any atom is -0.489 e. The van der Waals surface area contributed by atoms with Gasteiger partial charge in [0.15, 0.2) is 0 Å². The minimum absolute atomic E-state index is 0.0523. The van der Waals surface area contributed by atoms with Gasteiger partial charge in [0.1, 0.15) is 23.7 Å². The van der Waals surface area contributed by atoms with Gasteiger partial charge in [-0.25, -0.2) is 9.97 Å². The Morgan fingerprint density at radius 1 is 1.09 bits per heavy atom. The molecule has 3 atom stereocenters. The van der Waals surface area contributed by atoms with E-state index in [0.717, 1.165) is 73.5 Å². The highest BCUT2D eigenvalue weighted by Crippen LogP contribution is 2.35. The van der Waals surface area contributed by atoms with Crippen molar-refractivity contribution in [2.45, 2.75) is 82.7 Å². The normalized spacial score (nSPS) is 25.7. The maximum atomic E-state index is 13.0. The summed E-state index contributed by atoms with van der Waals surface area (Å²) in [7, 11) is 0. The highest BCUT2D eigenvalue weighted by Gasteiger charge is 2.39. The van der Waals surface area contributed by atoms with Crippen LogP contribution >= 0.6 is 0 Å². The molecule has 0 aliphatic carbocycles. The van der Waals surface area contributed by atoms with E-state index in [4.69, 9.17) is 19.4 Å². The van der Waals surface area contributed by atoms with E-state index in [1.165, 1.54) is 5.56 Å². The van der Waals surface area contributed by atoms with Crippen molar-refractivity contribution in [2.24, 2.45) is 0 Å². The van der Waals surface area contributed by atoms with E-state index in [2.05, 4.69) is 42.3 Å². The third-order valence-corrected chi connectivity index (χ3v) is 9.16. The van der Waals surface area contributed by atoms with Crippen molar-refractivity contribution >= 4 is 28.6 Å². The van der Waals surface area contributed by atoms with E-state index in [9.17, 15) is 14.4 Å². The van der Waals surface area contributed by atoms with Crippen LogP contribution in [0.25, 0.3) is 10.9 Å². The zero-order valence-corrected chi connectivity index (χ0v) is 24.7. The molecule has 0 bridgehead atoms. The molecule has 4 aliphatic heterocycles. The van der Waals surface area contributed by atoms with Gasteiger partial charge in [-0.15, -0.1) is 0 Å². The Labute approximate surface area is 250 Å². The highest BCUT2D eigenvalue weighted by molar-refractivity contribution is 6.05. The summed E-state index contributed by atoms with van der Waals surface area (Å²) in [4.78, 5) is 50.5. The largest absolute Gasteiger partial charge is 0.489 e. The molecular formula is C33H37N5O5. The molecule has 0 spiro atoms. The van der Waals surface area contributed by atoms with Crippen molar-refractivity contribution in [3.8, 4) is 5.75 Å². The van der Waals surface area contributed by atoms with Crippen LogP contribution in [0.5, 0.6) is 5.75 Å². The Morgan fingerprint density at radius 2 is 1.98 bits per heavy atom. The molecule has 1 aromatic heterocycles. The fraction of sp³-hybridized carbons (Fsp3) is 0.485. The van der Waals surface area contributed by atoms with Gasteiger partial charge < -0.3 is 14.4 Å². The average Bonchev–Trinajstić information content (AvgIpc) is 3.55. The third-order valence-electron chi connectivity index (χ3n) is 9.16. The van der Waals surface area contributed by atoms with Gasteiger partial charge >= 0.3 is 0 Å². The van der Waals surface area contributed by atoms with Crippen LogP contribution in [-0.4, -0.2) is 74.9 Å². The van der Waals surface area contributed by atoms with Crippen LogP contribution in [0.3, 0.4) is 0 Å². The number of amides is 3. The number of ether oxygens (including phenoxy) is 2. The molecule has 3 fully saturated rings. The van der Waals surface area contributed by atoms with Gasteiger partial charge in [0.05, 0.1) is 11.1 Å². The van der Waals surface area contributed by atoms with Gasteiger partial charge in [-0.3, -0.25) is 24.6 Å². The average molecular weight is 584 g/mol. The quantitative estimate of drug-likeness (QED) is 0.437. The molecular weight excluding hydrogens is 546 g/mol. The number of carbonyl (C=O) groups is 3. The fourth-order valence-corrected chi connectivity index (χ4v) is 6.96. The maximum Gasteiger partial charge on any atom is 0.255 e. The SMILES string of the molecule is CC1(C)C[C@@H](c2ncc3cc(CN4CC[C@H](Oc5ccc6c(c5)CN([C@H]5CCC(=O)NC5=O)C6=O)C4)ccc3n2)CCO1. The summed E-state index contributed by atoms with van der Waals surface area (Å²) in [5, 5.41) is 3.40. The third kappa shape index (κ3) is 5.73. The zero-order chi connectivity index (χ0) is 29.7. The molecule has 3 amide bonds. The smallest absolute Gasteiger partial charge is 0.255 e. The Bertz CT molecular complexity index is 1610. The van der Waals surface area contributed by atoms with Crippen LogP contribution in [0.15, 0.2) is 42.6 Å². The first-order chi connectivity index (χ1) is 20.7. The number of rotatable bonds is 6. The summed E-state index contributed by atoms with van der Waals surface area (Å²) in [6, 6.07) is 11.4. The van der Waals surface area contributed by atoms with Crippen LogP contribution in [0.2, 0.25) is 0 Å². The fourth-order valence-electron chi connectivity index (χ4n) is 6.96. The summed E-state index contributed by atoms with van der Waals surface area (Å²) < 4.78 is 12.2. The second kappa shape index (κ2) is 11.0. The summed E-state index contributed by atoms with van der Waals surface area (Å²) >= 11 is 0. The van der Waals surface area contributed by atoms with Gasteiger partial charge in [-0.05, 0) is 81.0 Å². The Hall–Kier alpha value is -3.89. The molecule has 4 aliphatic rings. The first-order valence-corrected chi connectivity index (χ1v) is 15.3. The number of fused-ring (bicyclic) bond motifs is 2. The van der Waals surface area contributed by atoms with Gasteiger partial charge in [0.2, 0.25) is 11.8 Å². The molecule has 3 saturated heterocycles. The molecule has 0 saturated carbocycles. The van der Waals surface area contributed by atoms with E-state index in [1.807, 2.05) is 18.3 Å². The van der Waals surface area contributed by atoms with E-state index in [-0.39, 0.29) is 29.9 Å². The zero-order valence-electron chi connectivity index (χ0n) is 24.7. The number of piperidine rings is 1. The van der Waals surface area contributed by atoms with Gasteiger partial charge in [0.25, 0.3) is 5.91 Å². The lowest BCUT2D eigenvalue weighted by atomic mass is 9.88. The van der Waals surface area contributed by atoms with Crippen LogP contribution in [0, 0.1) is 0 Å². The van der Waals surface area contributed by atoms with Crippen molar-refractivity contribution in [1.29, 1.82) is 0 Å². The molecule has 2 aromatic carbocycles. The Morgan fingerprint density at radius 3 is 2.81 bits per heavy atom. The number of nitrogens with zero attached hydrogens (tertiary/aromatic N) is 4.